The van der Waals surface area contributed by atoms with Gasteiger partial charge in [-0.05, 0) is 48.4 Å². The highest BCUT2D eigenvalue weighted by atomic mass is 16.5. The Hall–Kier alpha value is -1.18. The van der Waals surface area contributed by atoms with Crippen LogP contribution in [0.5, 0.6) is 11.5 Å². The van der Waals surface area contributed by atoms with E-state index in [2.05, 4.69) is 19.1 Å². The van der Waals surface area contributed by atoms with E-state index in [0.29, 0.717) is 5.92 Å². The second-order valence-electron chi connectivity index (χ2n) is 4.64. The predicted octanol–water partition coefficient (Wildman–Crippen LogP) is 2.58. The molecule has 1 unspecified atom stereocenters. The number of ether oxygens (including phenoxy) is 2. The van der Waals surface area contributed by atoms with Crippen LogP contribution in [0.4, 0.5) is 0 Å². The van der Waals surface area contributed by atoms with Crippen LogP contribution in [-0.2, 0) is 12.8 Å². The van der Waals surface area contributed by atoms with Gasteiger partial charge in [0.15, 0.2) is 0 Å². The lowest BCUT2D eigenvalue weighted by Gasteiger charge is -2.26. The summed E-state index contributed by atoms with van der Waals surface area (Å²) in [5, 5.41) is 0. The van der Waals surface area contributed by atoms with E-state index in [1.165, 1.54) is 11.1 Å². The molecule has 0 spiro atoms. The number of aryl methyl sites for hydroxylation is 1. The van der Waals surface area contributed by atoms with E-state index in [0.717, 1.165) is 44.0 Å². The Bertz CT molecular complexity index is 384. The van der Waals surface area contributed by atoms with E-state index in [1.54, 1.807) is 0 Å². The molecule has 3 rings (SSSR count). The van der Waals surface area contributed by atoms with Crippen molar-refractivity contribution in [2.75, 3.05) is 13.2 Å². The lowest BCUT2D eigenvalue weighted by molar-refractivity contribution is 0.230. The molecule has 0 aromatic heterocycles. The molecule has 0 aliphatic carbocycles. The molecule has 1 aromatic rings. The van der Waals surface area contributed by atoms with Gasteiger partial charge < -0.3 is 9.47 Å². The second kappa shape index (κ2) is 3.44. The third-order valence-corrected chi connectivity index (χ3v) is 3.18. The summed E-state index contributed by atoms with van der Waals surface area (Å²) >= 11 is 0. The maximum Gasteiger partial charge on any atom is 0.123 e. The van der Waals surface area contributed by atoms with Gasteiger partial charge in [-0.1, -0.05) is 6.92 Å². The molecule has 2 aliphatic heterocycles. The van der Waals surface area contributed by atoms with Crippen molar-refractivity contribution in [2.24, 2.45) is 5.92 Å². The summed E-state index contributed by atoms with van der Waals surface area (Å²) in [6.07, 6.45) is 3.37. The van der Waals surface area contributed by atoms with Crippen LogP contribution < -0.4 is 9.47 Å². The number of fused-ring (bicyclic) bond motifs is 2. The first-order valence-electron chi connectivity index (χ1n) is 5.74. The van der Waals surface area contributed by atoms with Crippen LogP contribution in [0.1, 0.15) is 24.5 Å². The minimum absolute atomic E-state index is 0.624. The zero-order valence-electron chi connectivity index (χ0n) is 9.08. The molecule has 15 heavy (non-hydrogen) atoms. The van der Waals surface area contributed by atoms with E-state index >= 15 is 0 Å². The monoisotopic (exact) mass is 204 g/mol. The lowest BCUT2D eigenvalue weighted by Crippen LogP contribution is -2.19. The Balaban J connectivity index is 2.02. The molecule has 0 saturated carbocycles. The second-order valence-corrected chi connectivity index (χ2v) is 4.64. The van der Waals surface area contributed by atoms with Crippen LogP contribution in [0.15, 0.2) is 12.1 Å². The molecule has 0 bridgehead atoms. The van der Waals surface area contributed by atoms with E-state index in [4.69, 9.17) is 9.47 Å². The number of hydrogen-bond donors (Lipinski definition) is 0. The van der Waals surface area contributed by atoms with Crippen LogP contribution in [0.25, 0.3) is 0 Å². The van der Waals surface area contributed by atoms with Crippen molar-refractivity contribution < 1.29 is 9.47 Å². The average Bonchev–Trinajstić information content (AvgIpc) is 2.26. The van der Waals surface area contributed by atoms with Crippen molar-refractivity contribution in [3.63, 3.8) is 0 Å². The molecule has 1 aromatic carbocycles. The smallest absolute Gasteiger partial charge is 0.123 e. The number of rotatable bonds is 0. The first-order chi connectivity index (χ1) is 7.33. The molecule has 2 aliphatic rings. The fourth-order valence-electron chi connectivity index (χ4n) is 2.38. The summed E-state index contributed by atoms with van der Waals surface area (Å²) in [7, 11) is 0. The molecule has 0 saturated heterocycles. The Kier molecular flexibility index (Phi) is 2.08. The molecule has 2 heterocycles. The highest BCUT2D eigenvalue weighted by molar-refractivity contribution is 5.48. The summed E-state index contributed by atoms with van der Waals surface area (Å²) in [5.74, 6) is 2.79. The maximum absolute atomic E-state index is 5.75. The molecular formula is C13H16O2. The van der Waals surface area contributed by atoms with E-state index in [-0.39, 0.29) is 0 Å². The van der Waals surface area contributed by atoms with Gasteiger partial charge in [0.2, 0.25) is 0 Å². The third-order valence-electron chi connectivity index (χ3n) is 3.18. The van der Waals surface area contributed by atoms with Crippen LogP contribution in [0.3, 0.4) is 0 Å². The maximum atomic E-state index is 5.75. The van der Waals surface area contributed by atoms with Crippen molar-refractivity contribution in [2.45, 2.75) is 26.2 Å². The molecule has 1 atom stereocenters. The van der Waals surface area contributed by atoms with Crippen LogP contribution in [0, 0.1) is 5.92 Å². The Labute approximate surface area is 90.2 Å². The van der Waals surface area contributed by atoms with Gasteiger partial charge in [-0.25, -0.2) is 0 Å². The normalized spacial score (nSPS) is 23.4. The predicted molar refractivity (Wildman–Crippen MR) is 58.6 cm³/mol. The van der Waals surface area contributed by atoms with Crippen molar-refractivity contribution in [3.05, 3.63) is 23.3 Å². The van der Waals surface area contributed by atoms with E-state index in [1.807, 2.05) is 0 Å². The summed E-state index contributed by atoms with van der Waals surface area (Å²) in [6, 6.07) is 4.36. The van der Waals surface area contributed by atoms with Crippen molar-refractivity contribution in [1.29, 1.82) is 0 Å². The van der Waals surface area contributed by atoms with E-state index in [9.17, 15) is 0 Å². The van der Waals surface area contributed by atoms with Crippen LogP contribution in [-0.4, -0.2) is 13.2 Å². The Morgan fingerprint density at radius 3 is 2.87 bits per heavy atom. The van der Waals surface area contributed by atoms with Gasteiger partial charge in [0.1, 0.15) is 11.5 Å². The molecule has 80 valence electrons. The van der Waals surface area contributed by atoms with Gasteiger partial charge in [0.05, 0.1) is 13.2 Å². The van der Waals surface area contributed by atoms with Crippen molar-refractivity contribution in [3.8, 4) is 11.5 Å². The zero-order valence-corrected chi connectivity index (χ0v) is 9.08. The van der Waals surface area contributed by atoms with Crippen LogP contribution in [0.2, 0.25) is 0 Å². The highest BCUT2D eigenvalue weighted by Crippen LogP contribution is 2.35. The molecule has 0 amide bonds. The standard InChI is InChI=1S/C13H16O2/c1-9-5-11-7-12-10(3-2-4-14-12)6-13(11)15-8-9/h6-7,9H,2-5,8H2,1H3. The molecule has 2 heteroatoms. The molecule has 0 radical (unpaired) electrons. The third kappa shape index (κ3) is 1.58. The minimum Gasteiger partial charge on any atom is -0.493 e. The quantitative estimate of drug-likeness (QED) is 0.646. The van der Waals surface area contributed by atoms with Crippen LogP contribution >= 0.6 is 0 Å². The first-order valence-corrected chi connectivity index (χ1v) is 5.74. The van der Waals surface area contributed by atoms with Crippen molar-refractivity contribution in [1.82, 2.24) is 0 Å². The summed E-state index contributed by atoms with van der Waals surface area (Å²) in [4.78, 5) is 0. The SMILES string of the molecule is CC1COc2cc3c(cc2C1)OCCC3. The topological polar surface area (TPSA) is 18.5 Å². The van der Waals surface area contributed by atoms with E-state index < -0.39 is 0 Å². The Morgan fingerprint density at radius 2 is 1.93 bits per heavy atom. The molecule has 0 fully saturated rings. The minimum atomic E-state index is 0.624. The van der Waals surface area contributed by atoms with Gasteiger partial charge in [-0.3, -0.25) is 0 Å². The fraction of sp³-hybridized carbons (Fsp3) is 0.538. The van der Waals surface area contributed by atoms with Gasteiger partial charge in [0, 0.05) is 0 Å². The van der Waals surface area contributed by atoms with Gasteiger partial charge in [-0.2, -0.15) is 0 Å². The molecular weight excluding hydrogens is 188 g/mol. The molecule has 0 N–H and O–H groups in total. The summed E-state index contributed by atoms with van der Waals surface area (Å²) in [6.45, 7) is 3.94. The summed E-state index contributed by atoms with van der Waals surface area (Å²) in [5.41, 5.74) is 2.63. The average molecular weight is 204 g/mol. The lowest BCUT2D eigenvalue weighted by atomic mass is 9.95. The fourth-order valence-corrected chi connectivity index (χ4v) is 2.38. The highest BCUT2D eigenvalue weighted by Gasteiger charge is 2.20. The summed E-state index contributed by atoms with van der Waals surface area (Å²) < 4.78 is 11.4. The van der Waals surface area contributed by atoms with Gasteiger partial charge >= 0.3 is 0 Å². The Morgan fingerprint density at radius 1 is 1.13 bits per heavy atom. The first kappa shape index (κ1) is 9.08. The van der Waals surface area contributed by atoms with Gasteiger partial charge in [-0.15, -0.1) is 0 Å². The zero-order chi connectivity index (χ0) is 10.3. The van der Waals surface area contributed by atoms with Crippen molar-refractivity contribution >= 4 is 0 Å². The van der Waals surface area contributed by atoms with Gasteiger partial charge in [0.25, 0.3) is 0 Å². The molecule has 2 nitrogen and oxygen atoms in total. The largest absolute Gasteiger partial charge is 0.493 e. The number of benzene rings is 1. The number of hydrogen-bond acceptors (Lipinski definition) is 2.